The maximum absolute atomic E-state index is 12.0. The molecular weight excluding hydrogens is 308 g/mol. The van der Waals surface area contributed by atoms with Crippen molar-refractivity contribution in [3.8, 4) is 0 Å². The molecule has 6 nitrogen and oxygen atoms in total. The fraction of sp³-hybridized carbons (Fsp3) is 0.0556. The Morgan fingerprint density at radius 1 is 1.04 bits per heavy atom. The summed E-state index contributed by atoms with van der Waals surface area (Å²) < 4.78 is 5.16. The highest BCUT2D eigenvalue weighted by atomic mass is 16.5. The van der Waals surface area contributed by atoms with Crippen LogP contribution in [0.5, 0.6) is 0 Å². The van der Waals surface area contributed by atoms with E-state index in [9.17, 15) is 9.59 Å². The molecule has 0 bridgehead atoms. The summed E-state index contributed by atoms with van der Waals surface area (Å²) in [7, 11) is 0. The number of carbonyl (C=O) groups excluding carboxylic acids is 1. The Balaban J connectivity index is 1.81. The molecule has 3 rings (SSSR count). The number of aromatic nitrogens is 1. The Kier molecular flexibility index (Phi) is 4.38. The van der Waals surface area contributed by atoms with Crippen molar-refractivity contribution in [3.63, 3.8) is 0 Å². The van der Waals surface area contributed by atoms with Gasteiger partial charge in [0.25, 0.3) is 0 Å². The smallest absolute Gasteiger partial charge is 0.411 e. The predicted molar refractivity (Wildman–Crippen MR) is 89.0 cm³/mol. The highest BCUT2D eigenvalue weighted by molar-refractivity contribution is 6.01. The van der Waals surface area contributed by atoms with Crippen molar-refractivity contribution < 1.29 is 19.4 Å². The van der Waals surface area contributed by atoms with Crippen LogP contribution in [0, 0.1) is 0 Å². The van der Waals surface area contributed by atoms with Crippen molar-refractivity contribution in [1.82, 2.24) is 4.98 Å². The molecule has 3 aromatic rings. The van der Waals surface area contributed by atoms with Gasteiger partial charge in [0.05, 0.1) is 11.2 Å². The van der Waals surface area contributed by atoms with Gasteiger partial charge in [0.1, 0.15) is 6.61 Å². The van der Waals surface area contributed by atoms with E-state index in [0.29, 0.717) is 16.6 Å². The third-order valence-electron chi connectivity index (χ3n) is 3.38. The zero-order chi connectivity index (χ0) is 16.9. The summed E-state index contributed by atoms with van der Waals surface area (Å²) in [5, 5.41) is 12.4. The average molecular weight is 322 g/mol. The van der Waals surface area contributed by atoms with Gasteiger partial charge in [-0.05, 0) is 17.7 Å². The minimum Gasteiger partial charge on any atom is -0.477 e. The van der Waals surface area contributed by atoms with Crippen molar-refractivity contribution >= 4 is 28.7 Å². The molecule has 2 aromatic carbocycles. The van der Waals surface area contributed by atoms with E-state index in [2.05, 4.69) is 10.3 Å². The van der Waals surface area contributed by atoms with Gasteiger partial charge < -0.3 is 9.84 Å². The number of amides is 1. The number of benzene rings is 2. The van der Waals surface area contributed by atoms with Crippen LogP contribution in [0.15, 0.2) is 60.7 Å². The molecule has 0 radical (unpaired) electrons. The van der Waals surface area contributed by atoms with E-state index in [0.717, 1.165) is 5.56 Å². The number of anilines is 1. The highest BCUT2D eigenvalue weighted by Crippen LogP contribution is 2.23. The van der Waals surface area contributed by atoms with Gasteiger partial charge in [-0.1, -0.05) is 48.5 Å². The first-order valence-corrected chi connectivity index (χ1v) is 7.24. The van der Waals surface area contributed by atoms with E-state index in [4.69, 9.17) is 9.84 Å². The summed E-state index contributed by atoms with van der Waals surface area (Å²) in [6.07, 6.45) is -0.661. The number of hydrogen-bond donors (Lipinski definition) is 2. The Hall–Kier alpha value is -3.41. The number of nitrogens with zero attached hydrogens (tertiary/aromatic N) is 1. The molecule has 1 amide bonds. The second-order valence-electron chi connectivity index (χ2n) is 5.06. The van der Waals surface area contributed by atoms with Crippen LogP contribution in [0.25, 0.3) is 10.9 Å². The van der Waals surface area contributed by atoms with Crippen LogP contribution < -0.4 is 5.32 Å². The lowest BCUT2D eigenvalue weighted by atomic mass is 10.1. The van der Waals surface area contributed by atoms with Crippen LogP contribution in [-0.2, 0) is 11.3 Å². The minimum atomic E-state index is -1.17. The summed E-state index contributed by atoms with van der Waals surface area (Å²) in [6.45, 7) is 0.126. The molecule has 0 fully saturated rings. The lowest BCUT2D eigenvalue weighted by Crippen LogP contribution is -2.15. The fourth-order valence-corrected chi connectivity index (χ4v) is 2.26. The summed E-state index contributed by atoms with van der Waals surface area (Å²) in [5.41, 5.74) is 1.54. The maximum Gasteiger partial charge on any atom is 0.411 e. The molecule has 1 aromatic heterocycles. The van der Waals surface area contributed by atoms with Gasteiger partial charge in [-0.15, -0.1) is 0 Å². The molecule has 0 saturated carbocycles. The first-order valence-electron chi connectivity index (χ1n) is 7.24. The van der Waals surface area contributed by atoms with Crippen molar-refractivity contribution in [2.45, 2.75) is 6.61 Å². The molecule has 0 aliphatic rings. The molecule has 0 spiro atoms. The van der Waals surface area contributed by atoms with Crippen LogP contribution in [0.2, 0.25) is 0 Å². The molecule has 1 heterocycles. The van der Waals surface area contributed by atoms with Gasteiger partial charge in [0.15, 0.2) is 5.69 Å². The lowest BCUT2D eigenvalue weighted by molar-refractivity contribution is 0.0691. The Bertz CT molecular complexity index is 894. The maximum atomic E-state index is 12.0. The third-order valence-corrected chi connectivity index (χ3v) is 3.38. The zero-order valence-electron chi connectivity index (χ0n) is 12.6. The first kappa shape index (κ1) is 15.5. The minimum absolute atomic E-state index is 0.126. The molecule has 0 aliphatic heterocycles. The Morgan fingerprint density at radius 3 is 2.50 bits per heavy atom. The Labute approximate surface area is 137 Å². The van der Waals surface area contributed by atoms with Gasteiger partial charge in [-0.25, -0.2) is 14.6 Å². The van der Waals surface area contributed by atoms with Crippen molar-refractivity contribution in [1.29, 1.82) is 0 Å². The lowest BCUT2D eigenvalue weighted by Gasteiger charge is -2.10. The van der Waals surface area contributed by atoms with E-state index in [1.165, 1.54) is 6.07 Å². The number of carbonyl (C=O) groups is 2. The van der Waals surface area contributed by atoms with E-state index in [-0.39, 0.29) is 12.3 Å². The fourth-order valence-electron chi connectivity index (χ4n) is 2.26. The molecule has 0 saturated heterocycles. The zero-order valence-corrected chi connectivity index (χ0v) is 12.6. The van der Waals surface area contributed by atoms with Gasteiger partial charge >= 0.3 is 12.1 Å². The largest absolute Gasteiger partial charge is 0.477 e. The summed E-state index contributed by atoms with van der Waals surface area (Å²) in [5.74, 6) is -1.17. The van der Waals surface area contributed by atoms with Crippen molar-refractivity contribution in [2.24, 2.45) is 0 Å². The number of aromatic carboxylic acids is 1. The van der Waals surface area contributed by atoms with Crippen LogP contribution in [0.1, 0.15) is 16.1 Å². The molecule has 2 N–H and O–H groups in total. The number of nitrogens with one attached hydrogen (secondary N) is 1. The number of ether oxygens (including phenoxy) is 1. The van der Waals surface area contributed by atoms with E-state index < -0.39 is 12.1 Å². The first-order chi connectivity index (χ1) is 11.6. The number of fused-ring (bicyclic) bond motifs is 1. The number of rotatable bonds is 4. The molecule has 6 heteroatoms. The molecule has 0 aliphatic carbocycles. The monoisotopic (exact) mass is 322 g/mol. The third kappa shape index (κ3) is 3.49. The van der Waals surface area contributed by atoms with Crippen LogP contribution in [0.4, 0.5) is 10.5 Å². The summed E-state index contributed by atoms with van der Waals surface area (Å²) >= 11 is 0. The number of para-hydroxylation sites is 1. The standard InChI is InChI=1S/C18H14N2O4/c21-17(22)16-10-15(13-8-4-5-9-14(13)19-16)20-18(23)24-11-12-6-2-1-3-7-12/h1-10H,11H2,(H,21,22)(H,19,20,23). The molecular formula is C18H14N2O4. The Morgan fingerprint density at radius 2 is 1.75 bits per heavy atom. The number of hydrogen-bond acceptors (Lipinski definition) is 4. The number of carboxylic acids is 1. The van der Waals surface area contributed by atoms with Gasteiger partial charge in [-0.3, -0.25) is 5.32 Å². The van der Waals surface area contributed by atoms with Gasteiger partial charge in [0, 0.05) is 5.39 Å². The summed E-state index contributed by atoms with van der Waals surface area (Å²) in [4.78, 5) is 27.2. The van der Waals surface area contributed by atoms with Crippen LogP contribution in [0.3, 0.4) is 0 Å². The van der Waals surface area contributed by atoms with Gasteiger partial charge in [0.2, 0.25) is 0 Å². The number of pyridine rings is 1. The molecule has 0 unspecified atom stereocenters. The van der Waals surface area contributed by atoms with Gasteiger partial charge in [-0.2, -0.15) is 0 Å². The van der Waals surface area contributed by atoms with E-state index in [1.54, 1.807) is 24.3 Å². The van der Waals surface area contributed by atoms with Crippen LogP contribution >= 0.6 is 0 Å². The van der Waals surface area contributed by atoms with Crippen LogP contribution in [-0.4, -0.2) is 22.2 Å². The second-order valence-corrected chi connectivity index (χ2v) is 5.06. The molecule has 24 heavy (non-hydrogen) atoms. The molecule has 0 atom stereocenters. The molecule has 120 valence electrons. The predicted octanol–water partition coefficient (Wildman–Crippen LogP) is 3.68. The average Bonchev–Trinajstić information content (AvgIpc) is 2.60. The summed E-state index contributed by atoms with van der Waals surface area (Å²) in [6, 6.07) is 17.6. The number of carboxylic acid groups (broad SMARTS) is 1. The SMILES string of the molecule is O=C(Nc1cc(C(=O)O)nc2ccccc12)OCc1ccccc1. The normalized spacial score (nSPS) is 10.3. The van der Waals surface area contributed by atoms with E-state index in [1.807, 2.05) is 30.3 Å². The van der Waals surface area contributed by atoms with E-state index >= 15 is 0 Å². The topological polar surface area (TPSA) is 88.5 Å². The second kappa shape index (κ2) is 6.78. The quantitative estimate of drug-likeness (QED) is 0.765. The highest BCUT2D eigenvalue weighted by Gasteiger charge is 2.13. The van der Waals surface area contributed by atoms with Crippen molar-refractivity contribution in [2.75, 3.05) is 5.32 Å². The van der Waals surface area contributed by atoms with Crippen molar-refractivity contribution in [3.05, 3.63) is 71.9 Å².